The van der Waals surface area contributed by atoms with Gasteiger partial charge in [0.2, 0.25) is 5.88 Å². The van der Waals surface area contributed by atoms with Gasteiger partial charge in [-0.25, -0.2) is 9.78 Å². The SMILES string of the molecule is COC(=O)c1cc(C2CC2)cnc1Oc1cc(-c2ccc(-c3cc#ccc3)cc2)c2c(ccn2C)c1. The first-order valence-electron chi connectivity index (χ1n) is 11.9. The fraction of sp³-hybridized carbons (Fsp3) is 0.161. The lowest BCUT2D eigenvalue weighted by molar-refractivity contribution is 0.0597. The number of methoxy groups -OCH3 is 1. The standard InChI is InChI=1S/C31H24N2O3/c1-33-15-14-24-16-26(36-30-28(31(34)35-2)17-25(19-32-30)22-8-9-22)18-27(29(24)33)23-12-10-21(11-13-23)20-6-4-3-5-7-20/h4,6-7,10-19,22H,8-9H2,1-2H3. The van der Waals surface area contributed by atoms with Crippen molar-refractivity contribution < 1.29 is 14.3 Å². The molecule has 36 heavy (non-hydrogen) atoms. The van der Waals surface area contributed by atoms with Gasteiger partial charge < -0.3 is 14.0 Å². The molecule has 0 unspecified atom stereocenters. The lowest BCUT2D eigenvalue weighted by Gasteiger charge is -2.14. The maximum absolute atomic E-state index is 12.5. The molecular weight excluding hydrogens is 448 g/mol. The Morgan fingerprint density at radius 2 is 1.81 bits per heavy atom. The molecule has 0 spiro atoms. The van der Waals surface area contributed by atoms with Crippen LogP contribution >= 0.6 is 0 Å². The maximum Gasteiger partial charge on any atom is 0.343 e. The average molecular weight is 473 g/mol. The maximum atomic E-state index is 12.5. The molecular formula is C31H24N2O3. The van der Waals surface area contributed by atoms with Crippen molar-refractivity contribution in [3.63, 3.8) is 0 Å². The third-order valence-corrected chi connectivity index (χ3v) is 6.67. The van der Waals surface area contributed by atoms with Crippen molar-refractivity contribution >= 4 is 16.9 Å². The minimum absolute atomic E-state index is 0.250. The van der Waals surface area contributed by atoms with Gasteiger partial charge in [-0.3, -0.25) is 0 Å². The van der Waals surface area contributed by atoms with Crippen LogP contribution in [-0.2, 0) is 11.8 Å². The van der Waals surface area contributed by atoms with Crippen LogP contribution in [0.5, 0.6) is 11.6 Å². The quantitative estimate of drug-likeness (QED) is 0.251. The van der Waals surface area contributed by atoms with Gasteiger partial charge in [0.15, 0.2) is 0 Å². The van der Waals surface area contributed by atoms with Crippen molar-refractivity contribution in [3.8, 4) is 33.9 Å². The normalized spacial score (nSPS) is 12.8. The Hall–Kier alpha value is -4.56. The van der Waals surface area contributed by atoms with Crippen molar-refractivity contribution in [1.29, 1.82) is 0 Å². The van der Waals surface area contributed by atoms with E-state index in [1.165, 1.54) is 7.11 Å². The highest BCUT2D eigenvalue weighted by Gasteiger charge is 2.27. The number of esters is 1. The zero-order valence-corrected chi connectivity index (χ0v) is 20.1. The van der Waals surface area contributed by atoms with Crippen LogP contribution in [0.2, 0.25) is 0 Å². The summed E-state index contributed by atoms with van der Waals surface area (Å²) in [6.07, 6.45) is 6.08. The van der Waals surface area contributed by atoms with Crippen molar-refractivity contribution in [1.82, 2.24) is 9.55 Å². The molecule has 1 fully saturated rings. The van der Waals surface area contributed by atoms with Crippen LogP contribution in [0.4, 0.5) is 0 Å². The molecule has 0 bridgehead atoms. The summed E-state index contributed by atoms with van der Waals surface area (Å²) in [6, 6.07) is 28.1. The van der Waals surface area contributed by atoms with Crippen LogP contribution in [0.1, 0.15) is 34.7 Å². The van der Waals surface area contributed by atoms with E-state index in [4.69, 9.17) is 9.47 Å². The Kier molecular flexibility index (Phi) is 5.42. The number of benzene rings is 2. The monoisotopic (exact) mass is 472 g/mol. The average Bonchev–Trinajstić information content (AvgIpc) is 3.71. The van der Waals surface area contributed by atoms with Gasteiger partial charge in [-0.15, -0.1) is 0 Å². The highest BCUT2D eigenvalue weighted by molar-refractivity contribution is 5.97. The van der Waals surface area contributed by atoms with Crippen LogP contribution in [0, 0.1) is 12.1 Å². The van der Waals surface area contributed by atoms with Gasteiger partial charge in [-0.05, 0) is 83.5 Å². The van der Waals surface area contributed by atoms with E-state index < -0.39 is 5.97 Å². The zero-order valence-electron chi connectivity index (χ0n) is 20.1. The molecule has 6 rings (SSSR count). The second kappa shape index (κ2) is 8.90. The van der Waals surface area contributed by atoms with Gasteiger partial charge >= 0.3 is 5.97 Å². The summed E-state index contributed by atoms with van der Waals surface area (Å²) in [5.41, 5.74) is 6.80. The van der Waals surface area contributed by atoms with E-state index in [1.54, 1.807) is 6.20 Å². The molecule has 0 atom stereocenters. The molecule has 0 aliphatic heterocycles. The number of pyridine rings is 1. The molecule has 2 heterocycles. The van der Waals surface area contributed by atoms with Gasteiger partial charge in [-0.2, -0.15) is 0 Å². The Morgan fingerprint density at radius 3 is 2.53 bits per heavy atom. The first-order chi connectivity index (χ1) is 17.6. The van der Waals surface area contributed by atoms with E-state index >= 15 is 0 Å². The Labute approximate surface area is 209 Å². The zero-order chi connectivity index (χ0) is 24.6. The van der Waals surface area contributed by atoms with E-state index in [0.29, 0.717) is 17.2 Å². The summed E-state index contributed by atoms with van der Waals surface area (Å²) in [4.78, 5) is 17.0. The Morgan fingerprint density at radius 1 is 1.00 bits per heavy atom. The molecule has 176 valence electrons. The minimum Gasteiger partial charge on any atom is -0.465 e. The van der Waals surface area contributed by atoms with Gasteiger partial charge in [0.05, 0.1) is 12.6 Å². The number of aromatic nitrogens is 2. The van der Waals surface area contributed by atoms with Crippen LogP contribution in [0.25, 0.3) is 33.2 Å². The number of carbonyl (C=O) groups is 1. The molecule has 2 aromatic heterocycles. The summed E-state index contributed by atoms with van der Waals surface area (Å²) in [6.45, 7) is 0. The summed E-state index contributed by atoms with van der Waals surface area (Å²) < 4.78 is 13.4. The lowest BCUT2D eigenvalue weighted by atomic mass is 9.99. The highest BCUT2D eigenvalue weighted by atomic mass is 16.5. The number of hydrogen-bond donors (Lipinski definition) is 0. The summed E-state index contributed by atoms with van der Waals surface area (Å²) in [5, 5.41) is 1.04. The lowest BCUT2D eigenvalue weighted by Crippen LogP contribution is -2.06. The smallest absolute Gasteiger partial charge is 0.343 e. The summed E-state index contributed by atoms with van der Waals surface area (Å²) >= 11 is 0. The van der Waals surface area contributed by atoms with Crippen molar-refractivity contribution in [3.05, 3.63) is 102 Å². The van der Waals surface area contributed by atoms with Crippen LogP contribution in [-0.4, -0.2) is 22.6 Å². The van der Waals surface area contributed by atoms with Crippen molar-refractivity contribution in [2.24, 2.45) is 7.05 Å². The second-order valence-corrected chi connectivity index (χ2v) is 9.12. The molecule has 5 aromatic rings. The molecule has 5 heteroatoms. The number of carbonyl (C=O) groups excluding carboxylic acids is 1. The van der Waals surface area contributed by atoms with E-state index in [0.717, 1.165) is 51.6 Å². The molecule has 0 amide bonds. The molecule has 1 saturated carbocycles. The van der Waals surface area contributed by atoms with E-state index in [2.05, 4.69) is 52.0 Å². The topological polar surface area (TPSA) is 53.4 Å². The van der Waals surface area contributed by atoms with Gasteiger partial charge in [0.25, 0.3) is 0 Å². The predicted molar refractivity (Wildman–Crippen MR) is 139 cm³/mol. The fourth-order valence-corrected chi connectivity index (χ4v) is 4.62. The van der Waals surface area contributed by atoms with E-state index in [1.807, 2.05) is 49.6 Å². The number of hydrogen-bond acceptors (Lipinski definition) is 4. The first-order valence-corrected chi connectivity index (χ1v) is 11.9. The largest absolute Gasteiger partial charge is 0.465 e. The number of fused-ring (bicyclic) bond motifs is 1. The van der Waals surface area contributed by atoms with Gasteiger partial charge in [0.1, 0.15) is 11.3 Å². The Balaban J connectivity index is 1.40. The molecule has 1 aliphatic rings. The second-order valence-electron chi connectivity index (χ2n) is 9.12. The number of aryl methyl sites for hydroxylation is 1. The number of nitrogens with zero attached hydrogens (tertiary/aromatic N) is 2. The predicted octanol–water partition coefficient (Wildman–Crippen LogP) is 6.96. The van der Waals surface area contributed by atoms with E-state index in [9.17, 15) is 4.79 Å². The molecule has 3 aromatic carbocycles. The van der Waals surface area contributed by atoms with Gasteiger partial charge in [-0.1, -0.05) is 36.4 Å². The fourth-order valence-electron chi connectivity index (χ4n) is 4.62. The van der Waals surface area contributed by atoms with Crippen LogP contribution in [0.3, 0.4) is 0 Å². The van der Waals surface area contributed by atoms with Crippen molar-refractivity contribution in [2.75, 3.05) is 7.11 Å². The third-order valence-electron chi connectivity index (χ3n) is 6.67. The summed E-state index contributed by atoms with van der Waals surface area (Å²) in [7, 11) is 3.41. The van der Waals surface area contributed by atoms with E-state index in [-0.39, 0.29) is 5.88 Å². The Bertz CT molecular complexity index is 1570. The van der Waals surface area contributed by atoms with Gasteiger partial charge in [0, 0.05) is 30.4 Å². The van der Waals surface area contributed by atoms with Crippen LogP contribution in [0.15, 0.2) is 79.1 Å². The minimum atomic E-state index is -0.452. The molecule has 1 aliphatic carbocycles. The molecule has 0 saturated heterocycles. The molecule has 5 nitrogen and oxygen atoms in total. The van der Waals surface area contributed by atoms with Crippen molar-refractivity contribution in [2.45, 2.75) is 18.8 Å². The number of ether oxygens (including phenoxy) is 2. The molecule has 0 N–H and O–H groups in total. The molecule has 0 radical (unpaired) electrons. The number of rotatable bonds is 6. The van der Waals surface area contributed by atoms with Crippen LogP contribution < -0.4 is 4.74 Å². The summed E-state index contributed by atoms with van der Waals surface area (Å²) in [5.74, 6) is 0.877. The first kappa shape index (κ1) is 21.9. The highest BCUT2D eigenvalue weighted by Crippen LogP contribution is 2.41. The third kappa shape index (κ3) is 4.08.